The van der Waals surface area contributed by atoms with Gasteiger partial charge in [-0.1, -0.05) is 0 Å². The predicted molar refractivity (Wildman–Crippen MR) is 23.7 cm³/mol. The molecule has 2 nitrogen and oxygen atoms in total. The summed E-state index contributed by atoms with van der Waals surface area (Å²) < 4.78 is 0.875. The van der Waals surface area contributed by atoms with Gasteiger partial charge >= 0.3 is 0 Å². The molecule has 0 aromatic heterocycles. The third-order valence-electron chi connectivity index (χ3n) is 0.674. The van der Waals surface area contributed by atoms with Gasteiger partial charge in [0.2, 0.25) is 0 Å². The predicted octanol–water partition coefficient (Wildman–Crippen LogP) is 0.137. The Morgan fingerprint density at radius 3 is 2.67 bits per heavy atom. The molecular weight excluding hydrogens is 78.0 g/mol. The standard InChI is InChI=1S/C4H5NO/c6-5-3-1-2-4-5/h1-3H,4H2. The fourth-order valence-electron chi connectivity index (χ4n) is 0.382. The summed E-state index contributed by atoms with van der Waals surface area (Å²) in [6.07, 6.45) is 5.06. The first kappa shape index (κ1) is 3.40. The molecule has 0 radical (unpaired) electrons. The lowest BCUT2D eigenvalue weighted by molar-refractivity contribution is -0.436. The first-order chi connectivity index (χ1) is 2.89. The van der Waals surface area contributed by atoms with Crippen molar-refractivity contribution in [3.63, 3.8) is 0 Å². The lowest BCUT2D eigenvalue weighted by atomic mass is 10.6. The Balaban J connectivity index is 2.61. The number of hydrogen-bond donors (Lipinski definition) is 0. The van der Waals surface area contributed by atoms with Crippen LogP contribution in [0, 0.1) is 5.21 Å². The second-order valence-electron chi connectivity index (χ2n) is 1.18. The molecule has 0 aliphatic carbocycles. The average Bonchev–Trinajstić information content (AvgIpc) is 1.86. The van der Waals surface area contributed by atoms with E-state index in [-0.39, 0.29) is 0 Å². The molecule has 0 aromatic carbocycles. The van der Waals surface area contributed by atoms with Crippen LogP contribution in [0.4, 0.5) is 0 Å². The van der Waals surface area contributed by atoms with Gasteiger partial charge in [-0.05, 0) is 6.08 Å². The van der Waals surface area contributed by atoms with E-state index in [2.05, 4.69) is 0 Å². The molecular formula is C4H5NO. The van der Waals surface area contributed by atoms with Crippen LogP contribution < -0.4 is 0 Å². The van der Waals surface area contributed by atoms with Crippen molar-refractivity contribution in [1.82, 2.24) is 0 Å². The molecule has 0 saturated carbocycles. The third kappa shape index (κ3) is 0.407. The van der Waals surface area contributed by atoms with Gasteiger partial charge in [-0.15, -0.1) is 0 Å². The summed E-state index contributed by atoms with van der Waals surface area (Å²) in [4.78, 5) is 0. The van der Waals surface area contributed by atoms with E-state index in [1.807, 2.05) is 6.08 Å². The number of hydrogen-bond acceptors (Lipinski definition) is 1. The smallest absolute Gasteiger partial charge is 0.174 e. The van der Waals surface area contributed by atoms with E-state index in [0.29, 0.717) is 6.54 Å². The topological polar surface area (TPSA) is 26.1 Å². The zero-order valence-corrected chi connectivity index (χ0v) is 3.29. The monoisotopic (exact) mass is 83.0 g/mol. The zero-order valence-electron chi connectivity index (χ0n) is 3.29. The highest BCUT2D eigenvalue weighted by atomic mass is 16.5. The zero-order chi connectivity index (χ0) is 4.41. The van der Waals surface area contributed by atoms with Crippen LogP contribution in [0.3, 0.4) is 0 Å². The first-order valence-electron chi connectivity index (χ1n) is 1.83. The van der Waals surface area contributed by atoms with Crippen LogP contribution in [0.25, 0.3) is 0 Å². The van der Waals surface area contributed by atoms with Crippen LogP contribution >= 0.6 is 0 Å². The highest BCUT2D eigenvalue weighted by Crippen LogP contribution is 1.79. The van der Waals surface area contributed by atoms with Gasteiger partial charge in [0.1, 0.15) is 0 Å². The fraction of sp³-hybridized carbons (Fsp3) is 0.250. The molecule has 1 rings (SSSR count). The van der Waals surface area contributed by atoms with E-state index in [1.165, 1.54) is 6.21 Å². The molecule has 0 spiro atoms. The minimum absolute atomic E-state index is 0.528. The van der Waals surface area contributed by atoms with Crippen LogP contribution in [0.1, 0.15) is 0 Å². The summed E-state index contributed by atoms with van der Waals surface area (Å²) in [5.74, 6) is 0. The third-order valence-corrected chi connectivity index (χ3v) is 0.674. The number of nitrogens with zero attached hydrogens (tertiary/aromatic N) is 1. The van der Waals surface area contributed by atoms with Gasteiger partial charge in [0.05, 0.1) is 0 Å². The average molecular weight is 83.1 g/mol. The summed E-state index contributed by atoms with van der Waals surface area (Å²) >= 11 is 0. The maximum atomic E-state index is 10.0. The highest BCUT2D eigenvalue weighted by molar-refractivity contribution is 5.67. The lowest BCUT2D eigenvalue weighted by Crippen LogP contribution is -1.95. The molecule has 0 saturated heterocycles. The van der Waals surface area contributed by atoms with Gasteiger partial charge in [0, 0.05) is 6.08 Å². The van der Waals surface area contributed by atoms with E-state index in [1.54, 1.807) is 6.08 Å². The van der Waals surface area contributed by atoms with Crippen molar-refractivity contribution in [2.24, 2.45) is 0 Å². The fourth-order valence-corrected chi connectivity index (χ4v) is 0.382. The van der Waals surface area contributed by atoms with Crippen molar-refractivity contribution < 1.29 is 4.74 Å². The summed E-state index contributed by atoms with van der Waals surface area (Å²) in [7, 11) is 0. The maximum Gasteiger partial charge on any atom is 0.174 e. The molecule has 0 fully saturated rings. The van der Waals surface area contributed by atoms with E-state index < -0.39 is 0 Å². The quantitative estimate of drug-likeness (QED) is 0.302. The van der Waals surface area contributed by atoms with Crippen LogP contribution in [-0.4, -0.2) is 17.5 Å². The molecule has 0 bridgehead atoms. The molecule has 6 heavy (non-hydrogen) atoms. The Kier molecular flexibility index (Phi) is 0.638. The van der Waals surface area contributed by atoms with Crippen molar-refractivity contribution in [2.75, 3.05) is 6.54 Å². The molecule has 0 N–H and O–H groups in total. The number of hydroxylamine groups is 1. The molecule has 32 valence electrons. The minimum Gasteiger partial charge on any atom is -0.624 e. The van der Waals surface area contributed by atoms with Crippen molar-refractivity contribution in [1.29, 1.82) is 0 Å². The van der Waals surface area contributed by atoms with Crippen LogP contribution in [0.15, 0.2) is 12.2 Å². The van der Waals surface area contributed by atoms with Crippen molar-refractivity contribution >= 4 is 6.21 Å². The Bertz CT molecular complexity index is 104. The normalized spacial score (nSPS) is 18.3. The molecule has 0 aromatic rings. The molecule has 0 amide bonds. The lowest BCUT2D eigenvalue weighted by Gasteiger charge is -1.89. The highest BCUT2D eigenvalue weighted by Gasteiger charge is 1.89. The van der Waals surface area contributed by atoms with Gasteiger partial charge in [0.25, 0.3) is 0 Å². The Morgan fingerprint density at radius 2 is 2.50 bits per heavy atom. The largest absolute Gasteiger partial charge is 0.624 e. The maximum absolute atomic E-state index is 10.0. The SMILES string of the molecule is [O-][N+]1=CC=CC1. The van der Waals surface area contributed by atoms with E-state index in [4.69, 9.17) is 0 Å². The van der Waals surface area contributed by atoms with E-state index >= 15 is 0 Å². The van der Waals surface area contributed by atoms with E-state index in [9.17, 15) is 5.21 Å². The second-order valence-corrected chi connectivity index (χ2v) is 1.18. The summed E-state index contributed by atoms with van der Waals surface area (Å²) in [5.41, 5.74) is 0. The first-order valence-corrected chi connectivity index (χ1v) is 1.83. The Labute approximate surface area is 36.0 Å². The number of rotatable bonds is 0. The van der Waals surface area contributed by atoms with Gasteiger partial charge in [0.15, 0.2) is 12.8 Å². The van der Waals surface area contributed by atoms with E-state index in [0.717, 1.165) is 4.74 Å². The van der Waals surface area contributed by atoms with Gasteiger partial charge < -0.3 is 5.21 Å². The van der Waals surface area contributed by atoms with Gasteiger partial charge in [-0.3, -0.25) is 0 Å². The van der Waals surface area contributed by atoms with Crippen molar-refractivity contribution in [2.45, 2.75) is 0 Å². The molecule has 1 heterocycles. The summed E-state index contributed by atoms with van der Waals surface area (Å²) in [6.45, 7) is 0.528. The number of allylic oxidation sites excluding steroid dienone is 1. The minimum atomic E-state index is 0.528. The summed E-state index contributed by atoms with van der Waals surface area (Å²) in [5, 5.41) is 10.0. The van der Waals surface area contributed by atoms with Crippen molar-refractivity contribution in [3.05, 3.63) is 17.4 Å². The Hall–Kier alpha value is -0.790. The van der Waals surface area contributed by atoms with Crippen LogP contribution in [0.5, 0.6) is 0 Å². The van der Waals surface area contributed by atoms with Gasteiger partial charge in [-0.25, -0.2) is 4.74 Å². The molecule has 0 unspecified atom stereocenters. The summed E-state index contributed by atoms with van der Waals surface area (Å²) in [6, 6.07) is 0. The van der Waals surface area contributed by atoms with Crippen molar-refractivity contribution in [3.8, 4) is 0 Å². The van der Waals surface area contributed by atoms with Gasteiger partial charge in [-0.2, -0.15) is 0 Å². The molecule has 0 atom stereocenters. The van der Waals surface area contributed by atoms with Crippen LogP contribution in [-0.2, 0) is 0 Å². The van der Waals surface area contributed by atoms with Crippen LogP contribution in [0.2, 0.25) is 0 Å². The molecule has 2 heteroatoms. The Morgan fingerprint density at radius 1 is 1.67 bits per heavy atom. The molecule has 1 aliphatic heterocycles. The second kappa shape index (κ2) is 1.12. The molecule has 1 aliphatic rings.